The molecule has 0 atom stereocenters. The van der Waals surface area contributed by atoms with Crippen molar-refractivity contribution in [2.45, 2.75) is 12.8 Å². The number of para-hydroxylation sites is 1. The molecule has 2 rings (SSSR count). The number of halogens is 1. The van der Waals surface area contributed by atoms with Gasteiger partial charge in [0.05, 0.1) is 11.6 Å². The van der Waals surface area contributed by atoms with Crippen LogP contribution < -0.4 is 10.1 Å². The second kappa shape index (κ2) is 5.21. The van der Waals surface area contributed by atoms with Crippen LogP contribution in [0.5, 0.6) is 5.75 Å². The topological polar surface area (TPSA) is 38.3 Å². The molecule has 0 spiro atoms. The molecule has 1 saturated carbocycles. The zero-order valence-corrected chi connectivity index (χ0v) is 9.67. The Kier molecular flexibility index (Phi) is 3.67. The summed E-state index contributed by atoms with van der Waals surface area (Å²) in [5, 5.41) is 3.42. The molecule has 1 aromatic carbocycles. The van der Waals surface area contributed by atoms with Crippen molar-refractivity contribution in [3.05, 3.63) is 29.3 Å². The van der Waals surface area contributed by atoms with Gasteiger partial charge < -0.3 is 10.1 Å². The SMILES string of the molecule is O=C(NCCOc1ccccc1Cl)C1CC1. The molecule has 0 unspecified atom stereocenters. The molecule has 0 bridgehead atoms. The minimum atomic E-state index is 0.141. The lowest BCUT2D eigenvalue weighted by Crippen LogP contribution is -2.29. The maximum absolute atomic E-state index is 11.3. The van der Waals surface area contributed by atoms with E-state index in [2.05, 4.69) is 5.32 Å². The molecule has 16 heavy (non-hydrogen) atoms. The zero-order chi connectivity index (χ0) is 11.4. The largest absolute Gasteiger partial charge is 0.490 e. The minimum absolute atomic E-state index is 0.141. The van der Waals surface area contributed by atoms with Crippen molar-refractivity contribution in [2.24, 2.45) is 5.92 Å². The lowest BCUT2D eigenvalue weighted by Gasteiger charge is -2.08. The van der Waals surface area contributed by atoms with Gasteiger partial charge in [-0.05, 0) is 25.0 Å². The highest BCUT2D eigenvalue weighted by molar-refractivity contribution is 6.32. The lowest BCUT2D eigenvalue weighted by molar-refractivity contribution is -0.122. The van der Waals surface area contributed by atoms with E-state index in [1.54, 1.807) is 6.07 Å². The van der Waals surface area contributed by atoms with Crippen molar-refractivity contribution in [1.29, 1.82) is 0 Å². The van der Waals surface area contributed by atoms with Crippen molar-refractivity contribution in [1.82, 2.24) is 5.32 Å². The molecule has 1 amide bonds. The van der Waals surface area contributed by atoms with Gasteiger partial charge in [0.15, 0.2) is 0 Å². The Labute approximate surface area is 99.7 Å². The summed E-state index contributed by atoms with van der Waals surface area (Å²) in [6.45, 7) is 0.975. The van der Waals surface area contributed by atoms with Gasteiger partial charge in [-0.1, -0.05) is 23.7 Å². The fourth-order valence-electron chi connectivity index (χ4n) is 1.39. The average Bonchev–Trinajstić information content (AvgIpc) is 3.10. The summed E-state index contributed by atoms with van der Waals surface area (Å²) in [5.74, 6) is 1.05. The van der Waals surface area contributed by atoms with Crippen LogP contribution >= 0.6 is 11.6 Å². The first kappa shape index (κ1) is 11.3. The molecule has 1 N–H and O–H groups in total. The molecule has 1 fully saturated rings. The maximum Gasteiger partial charge on any atom is 0.223 e. The predicted molar refractivity (Wildman–Crippen MR) is 62.7 cm³/mol. The quantitative estimate of drug-likeness (QED) is 0.801. The number of amides is 1. The number of hydrogen-bond donors (Lipinski definition) is 1. The lowest BCUT2D eigenvalue weighted by atomic mass is 10.3. The van der Waals surface area contributed by atoms with E-state index in [4.69, 9.17) is 16.3 Å². The molecular weight excluding hydrogens is 226 g/mol. The summed E-state index contributed by atoms with van der Waals surface area (Å²) < 4.78 is 5.44. The average molecular weight is 240 g/mol. The summed E-state index contributed by atoms with van der Waals surface area (Å²) in [6, 6.07) is 7.30. The highest BCUT2D eigenvalue weighted by Gasteiger charge is 2.28. The van der Waals surface area contributed by atoms with Gasteiger partial charge in [0, 0.05) is 5.92 Å². The van der Waals surface area contributed by atoms with Gasteiger partial charge in [-0.25, -0.2) is 0 Å². The molecule has 1 aliphatic rings. The molecule has 0 saturated heterocycles. The summed E-state index contributed by atoms with van der Waals surface area (Å²) in [4.78, 5) is 11.3. The van der Waals surface area contributed by atoms with E-state index in [9.17, 15) is 4.79 Å². The number of nitrogens with one attached hydrogen (secondary N) is 1. The van der Waals surface area contributed by atoms with Crippen LogP contribution in [0.3, 0.4) is 0 Å². The first-order valence-corrected chi connectivity index (χ1v) is 5.80. The highest BCUT2D eigenvalue weighted by Crippen LogP contribution is 2.28. The summed E-state index contributed by atoms with van der Waals surface area (Å²) >= 11 is 5.91. The fourth-order valence-corrected chi connectivity index (χ4v) is 1.58. The first-order valence-electron chi connectivity index (χ1n) is 5.42. The Hall–Kier alpha value is -1.22. The number of rotatable bonds is 5. The Morgan fingerprint density at radius 2 is 2.19 bits per heavy atom. The number of carbonyl (C=O) groups is 1. The van der Waals surface area contributed by atoms with E-state index >= 15 is 0 Å². The van der Waals surface area contributed by atoms with E-state index < -0.39 is 0 Å². The normalized spacial score (nSPS) is 14.6. The number of carbonyl (C=O) groups excluding carboxylic acids is 1. The molecule has 0 aromatic heterocycles. The van der Waals surface area contributed by atoms with E-state index in [1.807, 2.05) is 18.2 Å². The Bertz CT molecular complexity index is 377. The predicted octanol–water partition coefficient (Wildman–Crippen LogP) is 2.25. The Morgan fingerprint density at radius 1 is 1.44 bits per heavy atom. The first-order chi connectivity index (χ1) is 7.77. The smallest absolute Gasteiger partial charge is 0.223 e. The van der Waals surface area contributed by atoms with Crippen LogP contribution in [0.25, 0.3) is 0 Å². The van der Waals surface area contributed by atoms with Crippen molar-refractivity contribution < 1.29 is 9.53 Å². The molecule has 0 heterocycles. The molecule has 4 heteroatoms. The molecule has 0 radical (unpaired) electrons. The molecule has 1 aliphatic carbocycles. The van der Waals surface area contributed by atoms with Gasteiger partial charge in [0.2, 0.25) is 5.91 Å². The fraction of sp³-hybridized carbons (Fsp3) is 0.417. The van der Waals surface area contributed by atoms with Gasteiger partial charge in [-0.15, -0.1) is 0 Å². The molecular formula is C12H14ClNO2. The van der Waals surface area contributed by atoms with E-state index in [1.165, 1.54) is 0 Å². The second-order valence-electron chi connectivity index (χ2n) is 3.84. The van der Waals surface area contributed by atoms with Crippen LogP contribution in [0.1, 0.15) is 12.8 Å². The van der Waals surface area contributed by atoms with Crippen LogP contribution in [0.2, 0.25) is 5.02 Å². The second-order valence-corrected chi connectivity index (χ2v) is 4.25. The van der Waals surface area contributed by atoms with Gasteiger partial charge in [0.1, 0.15) is 12.4 Å². The molecule has 86 valence electrons. The maximum atomic E-state index is 11.3. The van der Waals surface area contributed by atoms with Crippen LogP contribution in [0.15, 0.2) is 24.3 Å². The van der Waals surface area contributed by atoms with E-state index in [0.29, 0.717) is 23.9 Å². The van der Waals surface area contributed by atoms with Gasteiger partial charge in [-0.2, -0.15) is 0 Å². The van der Waals surface area contributed by atoms with Crippen LogP contribution in [-0.2, 0) is 4.79 Å². The monoisotopic (exact) mass is 239 g/mol. The third-order valence-electron chi connectivity index (χ3n) is 2.44. The van der Waals surface area contributed by atoms with Gasteiger partial charge >= 0.3 is 0 Å². The van der Waals surface area contributed by atoms with Crippen molar-refractivity contribution >= 4 is 17.5 Å². The Balaban J connectivity index is 1.67. The van der Waals surface area contributed by atoms with E-state index in [-0.39, 0.29) is 11.8 Å². The van der Waals surface area contributed by atoms with Gasteiger partial charge in [0.25, 0.3) is 0 Å². The number of hydrogen-bond acceptors (Lipinski definition) is 2. The molecule has 0 aliphatic heterocycles. The van der Waals surface area contributed by atoms with Crippen LogP contribution in [0, 0.1) is 5.92 Å². The third-order valence-corrected chi connectivity index (χ3v) is 2.76. The van der Waals surface area contributed by atoms with Crippen molar-refractivity contribution in [3.8, 4) is 5.75 Å². The summed E-state index contributed by atoms with van der Waals surface area (Å²) in [5.41, 5.74) is 0. The van der Waals surface area contributed by atoms with E-state index in [0.717, 1.165) is 12.8 Å². The summed E-state index contributed by atoms with van der Waals surface area (Å²) in [6.07, 6.45) is 2.05. The highest BCUT2D eigenvalue weighted by atomic mass is 35.5. The van der Waals surface area contributed by atoms with Gasteiger partial charge in [-0.3, -0.25) is 4.79 Å². The van der Waals surface area contributed by atoms with Crippen LogP contribution in [0.4, 0.5) is 0 Å². The minimum Gasteiger partial charge on any atom is -0.490 e. The third kappa shape index (κ3) is 3.14. The Morgan fingerprint density at radius 3 is 2.88 bits per heavy atom. The number of benzene rings is 1. The summed E-state index contributed by atoms with van der Waals surface area (Å²) in [7, 11) is 0. The standard InChI is InChI=1S/C12H14ClNO2/c13-10-3-1-2-4-11(10)16-8-7-14-12(15)9-5-6-9/h1-4,9H,5-8H2,(H,14,15). The molecule has 3 nitrogen and oxygen atoms in total. The van der Waals surface area contributed by atoms with Crippen LogP contribution in [-0.4, -0.2) is 19.1 Å². The number of ether oxygens (including phenoxy) is 1. The van der Waals surface area contributed by atoms with Crippen molar-refractivity contribution in [2.75, 3.05) is 13.2 Å². The van der Waals surface area contributed by atoms with Crippen molar-refractivity contribution in [3.63, 3.8) is 0 Å². The molecule has 1 aromatic rings. The zero-order valence-electron chi connectivity index (χ0n) is 8.91.